The molecule has 1 fully saturated rings. The van der Waals surface area contributed by atoms with Crippen LogP contribution < -0.4 is 0 Å². The van der Waals surface area contributed by atoms with Gasteiger partial charge in [-0.1, -0.05) is 23.4 Å². The first-order valence-electron chi connectivity index (χ1n) is 9.56. The smallest absolute Gasteiger partial charge is 0.240 e. The molecule has 1 aromatic heterocycles. The molecule has 1 atom stereocenters. The number of rotatable bonds is 7. The third kappa shape index (κ3) is 5.36. The van der Waals surface area contributed by atoms with Crippen molar-refractivity contribution >= 4 is 0 Å². The summed E-state index contributed by atoms with van der Waals surface area (Å²) < 4.78 is 10.9. The largest absolute Gasteiger partial charge is 0.371 e. The Morgan fingerprint density at radius 1 is 1.19 bits per heavy atom. The van der Waals surface area contributed by atoms with Gasteiger partial charge in [0.25, 0.3) is 0 Å². The molecule has 144 valence electrons. The summed E-state index contributed by atoms with van der Waals surface area (Å²) >= 11 is 0. The third-order valence-electron chi connectivity index (χ3n) is 4.84. The zero-order valence-electron chi connectivity index (χ0n) is 16.1. The summed E-state index contributed by atoms with van der Waals surface area (Å²) in [5.74, 6) is 1.25. The fourth-order valence-electron chi connectivity index (χ4n) is 3.36. The van der Waals surface area contributed by atoms with E-state index in [4.69, 9.17) is 9.26 Å². The fraction of sp³-hybridized carbons (Fsp3) is 0.550. The number of hydrogen-bond donors (Lipinski definition) is 0. The van der Waals surface area contributed by atoms with E-state index in [0.717, 1.165) is 50.3 Å². The van der Waals surface area contributed by atoms with E-state index in [0.29, 0.717) is 24.9 Å². The second-order valence-electron chi connectivity index (χ2n) is 6.82. The van der Waals surface area contributed by atoms with E-state index in [1.807, 2.05) is 38.1 Å². The van der Waals surface area contributed by atoms with Gasteiger partial charge in [-0.3, -0.25) is 9.80 Å². The highest BCUT2D eigenvalue weighted by Crippen LogP contribution is 2.16. The van der Waals surface area contributed by atoms with Gasteiger partial charge in [0.2, 0.25) is 5.89 Å². The molecule has 0 bridgehead atoms. The monoisotopic (exact) mass is 369 g/mol. The van der Waals surface area contributed by atoms with Gasteiger partial charge < -0.3 is 9.26 Å². The van der Waals surface area contributed by atoms with E-state index < -0.39 is 0 Å². The van der Waals surface area contributed by atoms with Crippen molar-refractivity contribution in [3.8, 4) is 6.07 Å². The van der Waals surface area contributed by atoms with Crippen LogP contribution >= 0.6 is 0 Å². The molecule has 1 saturated heterocycles. The van der Waals surface area contributed by atoms with Crippen molar-refractivity contribution in [3.63, 3.8) is 0 Å². The van der Waals surface area contributed by atoms with Crippen molar-refractivity contribution in [1.29, 1.82) is 5.26 Å². The number of benzene rings is 1. The van der Waals surface area contributed by atoms with Crippen molar-refractivity contribution in [2.75, 3.05) is 32.8 Å². The summed E-state index contributed by atoms with van der Waals surface area (Å²) in [4.78, 5) is 9.22. The lowest BCUT2D eigenvalue weighted by Crippen LogP contribution is -2.30. The van der Waals surface area contributed by atoms with Gasteiger partial charge in [0, 0.05) is 26.2 Å². The van der Waals surface area contributed by atoms with Gasteiger partial charge in [0.15, 0.2) is 5.82 Å². The lowest BCUT2D eigenvalue weighted by Gasteiger charge is -2.21. The van der Waals surface area contributed by atoms with Crippen LogP contribution in [0.1, 0.15) is 49.2 Å². The highest BCUT2D eigenvalue weighted by atomic mass is 16.5. The molecule has 3 rings (SSSR count). The van der Waals surface area contributed by atoms with Crippen LogP contribution in [0, 0.1) is 11.3 Å². The van der Waals surface area contributed by atoms with Crippen LogP contribution in [0.15, 0.2) is 28.8 Å². The first-order valence-corrected chi connectivity index (χ1v) is 9.56. The number of hydrogen-bond acceptors (Lipinski definition) is 7. The van der Waals surface area contributed by atoms with Crippen LogP contribution in [-0.2, 0) is 17.8 Å². The minimum atomic E-state index is -0.146. The van der Waals surface area contributed by atoms with Gasteiger partial charge in [-0.05, 0) is 45.0 Å². The lowest BCUT2D eigenvalue weighted by atomic mass is 10.1. The number of ether oxygens (including phenoxy) is 1. The SMILES string of the molecule is CCO[C@H](C)c1noc(CN2CCCN(Cc3ccccc3C#N)CC2)n1. The van der Waals surface area contributed by atoms with Crippen molar-refractivity contribution in [3.05, 3.63) is 47.1 Å². The summed E-state index contributed by atoms with van der Waals surface area (Å²) in [5.41, 5.74) is 1.86. The highest BCUT2D eigenvalue weighted by molar-refractivity contribution is 5.37. The molecule has 0 radical (unpaired) electrons. The topological polar surface area (TPSA) is 78.4 Å². The van der Waals surface area contributed by atoms with Gasteiger partial charge in [-0.15, -0.1) is 0 Å². The molecule has 0 N–H and O–H groups in total. The maximum atomic E-state index is 9.28. The van der Waals surface area contributed by atoms with Gasteiger partial charge in [0.1, 0.15) is 6.10 Å². The quantitative estimate of drug-likeness (QED) is 0.742. The normalized spacial score (nSPS) is 17.4. The highest BCUT2D eigenvalue weighted by Gasteiger charge is 2.19. The number of nitriles is 1. The van der Waals surface area contributed by atoms with Crippen LogP contribution in [0.5, 0.6) is 0 Å². The van der Waals surface area contributed by atoms with Gasteiger partial charge in [-0.2, -0.15) is 10.2 Å². The maximum absolute atomic E-state index is 9.28. The van der Waals surface area contributed by atoms with E-state index in [1.165, 1.54) is 0 Å². The molecule has 1 aromatic carbocycles. The lowest BCUT2D eigenvalue weighted by molar-refractivity contribution is 0.0683. The Kier molecular flexibility index (Phi) is 6.93. The van der Waals surface area contributed by atoms with Crippen molar-refractivity contribution < 1.29 is 9.26 Å². The van der Waals surface area contributed by atoms with Crippen LogP contribution in [0.25, 0.3) is 0 Å². The zero-order valence-corrected chi connectivity index (χ0v) is 16.1. The van der Waals surface area contributed by atoms with Crippen molar-refractivity contribution in [2.45, 2.75) is 39.5 Å². The molecular formula is C20H27N5O2. The first kappa shape index (κ1) is 19.5. The van der Waals surface area contributed by atoms with E-state index >= 15 is 0 Å². The molecular weight excluding hydrogens is 342 g/mol. The Morgan fingerprint density at radius 2 is 1.93 bits per heavy atom. The molecule has 7 nitrogen and oxygen atoms in total. The Bertz CT molecular complexity index is 770. The maximum Gasteiger partial charge on any atom is 0.240 e. The molecule has 7 heteroatoms. The van der Waals surface area contributed by atoms with Crippen molar-refractivity contribution in [2.24, 2.45) is 0 Å². The van der Waals surface area contributed by atoms with Crippen molar-refractivity contribution in [1.82, 2.24) is 19.9 Å². The van der Waals surface area contributed by atoms with Crippen LogP contribution in [0.2, 0.25) is 0 Å². The average Bonchev–Trinajstić information content (AvgIpc) is 3.04. The number of aromatic nitrogens is 2. The van der Waals surface area contributed by atoms with Gasteiger partial charge >= 0.3 is 0 Å². The van der Waals surface area contributed by atoms with Gasteiger partial charge in [-0.25, -0.2) is 0 Å². The van der Waals surface area contributed by atoms with Crippen LogP contribution in [0.3, 0.4) is 0 Å². The Hall–Kier alpha value is -2.27. The summed E-state index contributed by atoms with van der Waals surface area (Å²) in [6.45, 7) is 9.90. The van der Waals surface area contributed by atoms with E-state index in [-0.39, 0.29) is 6.10 Å². The second kappa shape index (κ2) is 9.60. The van der Waals surface area contributed by atoms with Crippen LogP contribution in [-0.4, -0.2) is 52.7 Å². The summed E-state index contributed by atoms with van der Waals surface area (Å²) in [5, 5.41) is 13.3. The Morgan fingerprint density at radius 3 is 2.67 bits per heavy atom. The molecule has 1 aliphatic rings. The Labute approximate surface area is 160 Å². The molecule has 27 heavy (non-hydrogen) atoms. The zero-order chi connectivity index (χ0) is 19.1. The molecule has 0 aliphatic carbocycles. The third-order valence-corrected chi connectivity index (χ3v) is 4.84. The van der Waals surface area contributed by atoms with E-state index in [9.17, 15) is 5.26 Å². The average molecular weight is 369 g/mol. The predicted octanol–water partition coefficient (Wildman–Crippen LogP) is 2.75. The van der Waals surface area contributed by atoms with Gasteiger partial charge in [0.05, 0.1) is 18.2 Å². The predicted molar refractivity (Wildman–Crippen MR) is 101 cm³/mol. The molecule has 0 amide bonds. The second-order valence-corrected chi connectivity index (χ2v) is 6.82. The number of nitrogens with zero attached hydrogens (tertiary/aromatic N) is 5. The minimum Gasteiger partial charge on any atom is -0.371 e. The summed E-state index contributed by atoms with van der Waals surface area (Å²) in [6.07, 6.45) is 0.928. The molecule has 1 aliphatic heterocycles. The fourth-order valence-corrected chi connectivity index (χ4v) is 3.36. The Balaban J connectivity index is 1.53. The molecule has 0 spiro atoms. The molecule has 0 saturated carbocycles. The van der Waals surface area contributed by atoms with E-state index in [2.05, 4.69) is 26.0 Å². The summed E-state index contributed by atoms with van der Waals surface area (Å²) in [6, 6.07) is 10.1. The van der Waals surface area contributed by atoms with E-state index in [1.54, 1.807) is 0 Å². The standard InChI is InChI=1S/C20H27N5O2/c1-3-26-16(2)20-22-19(27-23-20)15-25-10-6-9-24(11-12-25)14-18-8-5-4-7-17(18)13-21/h4-5,7-8,16H,3,6,9-12,14-15H2,1-2H3/t16-/m1/s1. The summed E-state index contributed by atoms with van der Waals surface area (Å²) in [7, 11) is 0. The molecule has 2 heterocycles. The molecule has 0 unspecified atom stereocenters. The molecule has 2 aromatic rings. The van der Waals surface area contributed by atoms with Crippen LogP contribution in [0.4, 0.5) is 0 Å². The first-order chi connectivity index (χ1) is 13.2. The minimum absolute atomic E-state index is 0.146.